The molecule has 3 aromatic rings. The van der Waals surface area contributed by atoms with Gasteiger partial charge in [-0.3, -0.25) is 4.79 Å². The lowest BCUT2D eigenvalue weighted by molar-refractivity contribution is -0.115. The lowest BCUT2D eigenvalue weighted by Crippen LogP contribution is -2.03. The molecule has 25 heavy (non-hydrogen) atoms. The number of fused-ring (bicyclic) bond motifs is 1. The van der Waals surface area contributed by atoms with Crippen LogP contribution in [0.15, 0.2) is 40.8 Å². The van der Waals surface area contributed by atoms with Gasteiger partial charge in [-0.15, -0.1) is 10.2 Å². The highest BCUT2D eigenvalue weighted by atomic mass is 35.5. The first kappa shape index (κ1) is 14.7. The van der Waals surface area contributed by atoms with E-state index in [0.717, 1.165) is 40.8 Å². The summed E-state index contributed by atoms with van der Waals surface area (Å²) < 4.78 is 5.79. The maximum atomic E-state index is 11.6. The number of anilines is 1. The van der Waals surface area contributed by atoms with Crippen molar-refractivity contribution in [3.63, 3.8) is 0 Å². The summed E-state index contributed by atoms with van der Waals surface area (Å²) in [4.78, 5) is 11.6. The Balaban J connectivity index is 1.56. The number of carbonyl (C=O) groups excluding carboxylic acids is 1. The van der Waals surface area contributed by atoms with Gasteiger partial charge >= 0.3 is 0 Å². The van der Waals surface area contributed by atoms with Crippen LogP contribution in [-0.2, 0) is 11.2 Å². The maximum Gasteiger partial charge on any atom is 0.249 e. The van der Waals surface area contributed by atoms with E-state index < -0.39 is 0 Å². The van der Waals surface area contributed by atoms with Crippen molar-refractivity contribution in [2.75, 3.05) is 5.32 Å². The third kappa shape index (κ3) is 2.51. The van der Waals surface area contributed by atoms with Crippen LogP contribution in [0.1, 0.15) is 30.2 Å². The molecule has 1 saturated carbocycles. The molecule has 5 rings (SSSR count). The second-order valence-corrected chi connectivity index (χ2v) is 6.86. The molecule has 6 heteroatoms. The Morgan fingerprint density at radius 2 is 1.96 bits per heavy atom. The molecule has 1 aliphatic carbocycles. The van der Waals surface area contributed by atoms with Crippen LogP contribution in [0.5, 0.6) is 0 Å². The number of nitrogens with one attached hydrogen (secondary N) is 1. The summed E-state index contributed by atoms with van der Waals surface area (Å²) in [6, 6.07) is 11.6. The first-order valence-electron chi connectivity index (χ1n) is 8.24. The number of benzene rings is 2. The van der Waals surface area contributed by atoms with Gasteiger partial charge in [0.05, 0.1) is 17.0 Å². The van der Waals surface area contributed by atoms with Crippen LogP contribution in [0.25, 0.3) is 22.6 Å². The molecule has 1 aromatic heterocycles. The molecule has 1 fully saturated rings. The summed E-state index contributed by atoms with van der Waals surface area (Å²) in [5.74, 6) is 1.57. The lowest BCUT2D eigenvalue weighted by Gasteiger charge is -2.09. The van der Waals surface area contributed by atoms with E-state index in [1.807, 2.05) is 36.4 Å². The summed E-state index contributed by atoms with van der Waals surface area (Å²) in [5, 5.41) is 11.7. The van der Waals surface area contributed by atoms with E-state index in [1.165, 1.54) is 0 Å². The monoisotopic (exact) mass is 351 g/mol. The quantitative estimate of drug-likeness (QED) is 0.758. The van der Waals surface area contributed by atoms with Gasteiger partial charge in [0.25, 0.3) is 0 Å². The molecule has 0 unspecified atom stereocenters. The minimum absolute atomic E-state index is 0.0189. The third-order valence-electron chi connectivity index (χ3n) is 4.64. The van der Waals surface area contributed by atoms with E-state index in [9.17, 15) is 4.79 Å². The highest BCUT2D eigenvalue weighted by molar-refractivity contribution is 6.36. The van der Waals surface area contributed by atoms with E-state index in [4.69, 9.17) is 16.0 Å². The first-order valence-corrected chi connectivity index (χ1v) is 8.62. The van der Waals surface area contributed by atoms with Crippen LogP contribution < -0.4 is 5.32 Å². The second kappa shape index (κ2) is 5.43. The molecule has 0 saturated heterocycles. The van der Waals surface area contributed by atoms with Gasteiger partial charge in [0.2, 0.25) is 17.7 Å². The van der Waals surface area contributed by atoms with Crippen molar-refractivity contribution in [2.24, 2.45) is 0 Å². The zero-order valence-corrected chi connectivity index (χ0v) is 14.0. The Morgan fingerprint density at radius 3 is 2.80 bits per heavy atom. The Hall–Kier alpha value is -2.66. The normalized spacial score (nSPS) is 16.0. The lowest BCUT2D eigenvalue weighted by atomic mass is 9.99. The van der Waals surface area contributed by atoms with Crippen molar-refractivity contribution in [2.45, 2.75) is 25.2 Å². The van der Waals surface area contributed by atoms with E-state index in [2.05, 4.69) is 15.5 Å². The zero-order chi connectivity index (χ0) is 17.0. The van der Waals surface area contributed by atoms with Gasteiger partial charge in [0.1, 0.15) is 0 Å². The number of carbonyl (C=O) groups is 1. The van der Waals surface area contributed by atoms with Crippen LogP contribution in [0.4, 0.5) is 5.69 Å². The molecule has 124 valence electrons. The third-order valence-corrected chi connectivity index (χ3v) is 5.04. The van der Waals surface area contributed by atoms with E-state index >= 15 is 0 Å². The predicted molar refractivity (Wildman–Crippen MR) is 94.5 cm³/mol. The minimum atomic E-state index is 0.0189. The molecule has 2 aliphatic rings. The average Bonchev–Trinajstić information content (AvgIpc) is 3.22. The molecule has 1 amide bonds. The molecule has 0 atom stereocenters. The molecule has 1 aliphatic heterocycles. The van der Waals surface area contributed by atoms with Gasteiger partial charge < -0.3 is 9.73 Å². The Morgan fingerprint density at radius 1 is 1.12 bits per heavy atom. The van der Waals surface area contributed by atoms with Gasteiger partial charge in [-0.25, -0.2) is 0 Å². The van der Waals surface area contributed by atoms with Crippen molar-refractivity contribution < 1.29 is 9.21 Å². The largest absolute Gasteiger partial charge is 0.420 e. The first-order chi connectivity index (χ1) is 12.2. The van der Waals surface area contributed by atoms with Gasteiger partial charge in [-0.1, -0.05) is 29.8 Å². The minimum Gasteiger partial charge on any atom is -0.420 e. The molecular formula is C19H14ClN3O2. The van der Waals surface area contributed by atoms with Crippen molar-refractivity contribution in [3.8, 4) is 22.6 Å². The van der Waals surface area contributed by atoms with Crippen LogP contribution in [0, 0.1) is 0 Å². The van der Waals surface area contributed by atoms with Crippen molar-refractivity contribution >= 4 is 23.2 Å². The molecule has 0 radical (unpaired) electrons. The zero-order valence-electron chi connectivity index (χ0n) is 13.3. The summed E-state index contributed by atoms with van der Waals surface area (Å²) in [7, 11) is 0. The van der Waals surface area contributed by atoms with Crippen molar-refractivity contribution in [1.82, 2.24) is 10.2 Å². The van der Waals surface area contributed by atoms with Crippen molar-refractivity contribution in [1.29, 1.82) is 0 Å². The molecular weight excluding hydrogens is 338 g/mol. The number of aromatic nitrogens is 2. The number of nitrogens with zero attached hydrogens (tertiary/aromatic N) is 2. The highest BCUT2D eigenvalue weighted by Gasteiger charge is 2.30. The number of hydrogen-bond acceptors (Lipinski definition) is 4. The summed E-state index contributed by atoms with van der Waals surface area (Å²) in [5.41, 5.74) is 4.43. The van der Waals surface area contributed by atoms with Gasteiger partial charge in [0.15, 0.2) is 0 Å². The number of hydrogen-bond donors (Lipinski definition) is 1. The Labute approximate surface area is 149 Å². The van der Waals surface area contributed by atoms with Crippen LogP contribution in [0.3, 0.4) is 0 Å². The summed E-state index contributed by atoms with van der Waals surface area (Å²) in [6.07, 6.45) is 2.61. The Bertz CT molecular complexity index is 1010. The molecule has 2 heterocycles. The van der Waals surface area contributed by atoms with Crippen LogP contribution in [-0.4, -0.2) is 16.1 Å². The summed E-state index contributed by atoms with van der Waals surface area (Å²) in [6.45, 7) is 0. The smallest absolute Gasteiger partial charge is 0.249 e. The molecule has 2 aromatic carbocycles. The van der Waals surface area contributed by atoms with Gasteiger partial charge in [-0.05, 0) is 42.2 Å². The van der Waals surface area contributed by atoms with Crippen LogP contribution in [0.2, 0.25) is 5.02 Å². The molecule has 0 spiro atoms. The Kier molecular flexibility index (Phi) is 3.18. The van der Waals surface area contributed by atoms with Crippen LogP contribution >= 0.6 is 11.6 Å². The molecule has 1 N–H and O–H groups in total. The number of amides is 1. The average molecular weight is 352 g/mol. The fourth-order valence-electron chi connectivity index (χ4n) is 3.16. The fraction of sp³-hybridized carbons (Fsp3) is 0.211. The van der Waals surface area contributed by atoms with E-state index in [0.29, 0.717) is 29.1 Å². The maximum absolute atomic E-state index is 11.6. The predicted octanol–water partition coefficient (Wildman–Crippen LogP) is 4.43. The van der Waals surface area contributed by atoms with E-state index in [-0.39, 0.29) is 5.91 Å². The van der Waals surface area contributed by atoms with Crippen molar-refractivity contribution in [3.05, 3.63) is 52.9 Å². The summed E-state index contributed by atoms with van der Waals surface area (Å²) >= 11 is 6.65. The second-order valence-electron chi connectivity index (χ2n) is 6.48. The highest BCUT2D eigenvalue weighted by Crippen LogP contribution is 2.42. The molecule has 0 bridgehead atoms. The van der Waals surface area contributed by atoms with E-state index in [1.54, 1.807) is 0 Å². The fourth-order valence-corrected chi connectivity index (χ4v) is 3.47. The molecule has 5 nitrogen and oxygen atoms in total. The SMILES string of the molecule is O=C1Cc2cc(-c3cccc(-c4nnc(C5CC5)o4)c3Cl)ccc2N1. The number of halogens is 1. The van der Waals surface area contributed by atoms with Gasteiger partial charge in [-0.2, -0.15) is 0 Å². The number of rotatable bonds is 3. The topological polar surface area (TPSA) is 68.0 Å². The van der Waals surface area contributed by atoms with Gasteiger partial charge in [0, 0.05) is 17.2 Å². The standard InChI is InChI=1S/C19H14ClN3O2/c20-17-13(11-6-7-15-12(8-11)9-16(24)21-15)2-1-3-14(17)19-23-22-18(25-19)10-4-5-10/h1-3,6-8,10H,4-5,9H2,(H,21,24).